The molecule has 61 valence electrons. The molecule has 0 heterocycles. The summed E-state index contributed by atoms with van der Waals surface area (Å²) in [6.45, 7) is 0. The van der Waals surface area contributed by atoms with E-state index in [9.17, 15) is 4.79 Å². The fourth-order valence-corrected chi connectivity index (χ4v) is 0.731. The van der Waals surface area contributed by atoms with E-state index in [4.69, 9.17) is 5.84 Å². The maximum absolute atomic E-state index is 10.7. The zero-order valence-electron chi connectivity index (χ0n) is 6.45. The van der Waals surface area contributed by atoms with Crippen molar-refractivity contribution >= 4 is 12.0 Å². The number of hydrogen-bond acceptors (Lipinski definition) is 2. The second-order valence-electron chi connectivity index (χ2n) is 2.18. The van der Waals surface area contributed by atoms with Gasteiger partial charge >= 0.3 is 0 Å². The lowest BCUT2D eigenvalue weighted by atomic mass is 10.2. The molecule has 12 heavy (non-hydrogen) atoms. The summed E-state index contributed by atoms with van der Waals surface area (Å²) >= 11 is 0. The van der Waals surface area contributed by atoms with Gasteiger partial charge in [-0.15, -0.1) is 0 Å². The second-order valence-corrected chi connectivity index (χ2v) is 2.18. The van der Waals surface area contributed by atoms with E-state index in [1.165, 1.54) is 6.08 Å². The van der Waals surface area contributed by atoms with Crippen molar-refractivity contribution < 1.29 is 4.79 Å². The highest BCUT2D eigenvalue weighted by atomic mass is 16.2. The van der Waals surface area contributed by atoms with Gasteiger partial charge in [0.25, 0.3) is 5.91 Å². The van der Waals surface area contributed by atoms with Gasteiger partial charge in [-0.05, 0) is 17.7 Å². The molecule has 0 aliphatic rings. The molecule has 0 saturated carbocycles. The molecule has 1 aromatic rings. The Kier molecular flexibility index (Phi) is 3.04. The van der Waals surface area contributed by atoms with Crippen LogP contribution in [0.15, 0.2) is 30.3 Å². The lowest BCUT2D eigenvalue weighted by Gasteiger charge is -1.91. The van der Waals surface area contributed by atoms with Gasteiger partial charge in [0.05, 0.1) is 0 Å². The summed E-state index contributed by atoms with van der Waals surface area (Å²) in [5.74, 6) is 4.56. The molecule has 0 unspecified atom stereocenters. The third kappa shape index (κ3) is 2.56. The van der Waals surface area contributed by atoms with Crippen LogP contribution in [0, 0.1) is 6.07 Å². The number of amides is 1. The smallest absolute Gasteiger partial charge is 0.257 e. The highest BCUT2D eigenvalue weighted by Crippen LogP contribution is 1.99. The van der Waals surface area contributed by atoms with Crippen LogP contribution in [-0.4, -0.2) is 5.91 Å². The number of rotatable bonds is 2. The van der Waals surface area contributed by atoms with E-state index in [-0.39, 0.29) is 5.91 Å². The van der Waals surface area contributed by atoms with E-state index in [0.29, 0.717) is 0 Å². The average molecular weight is 161 g/mol. The van der Waals surface area contributed by atoms with E-state index < -0.39 is 0 Å². The average Bonchev–Trinajstić information content (AvgIpc) is 2.16. The minimum atomic E-state index is -0.317. The van der Waals surface area contributed by atoms with Crippen molar-refractivity contribution in [2.75, 3.05) is 0 Å². The molecule has 0 aromatic heterocycles. The molecule has 3 N–H and O–H groups in total. The zero-order chi connectivity index (χ0) is 8.81. The molecule has 0 bridgehead atoms. The van der Waals surface area contributed by atoms with Crippen molar-refractivity contribution in [2.24, 2.45) is 5.84 Å². The molecule has 3 nitrogen and oxygen atoms in total. The van der Waals surface area contributed by atoms with Gasteiger partial charge in [-0.3, -0.25) is 10.2 Å². The van der Waals surface area contributed by atoms with Crippen LogP contribution in [0.1, 0.15) is 5.56 Å². The normalized spacial score (nSPS) is 10.1. The van der Waals surface area contributed by atoms with Crippen LogP contribution in [0.2, 0.25) is 0 Å². The number of carbonyl (C=O) groups excluding carboxylic acids is 1. The first-order valence-corrected chi connectivity index (χ1v) is 3.47. The number of nitrogens with two attached hydrogens (primary N) is 1. The summed E-state index contributed by atoms with van der Waals surface area (Å²) < 4.78 is 0. The Morgan fingerprint density at radius 2 is 2.17 bits per heavy atom. The van der Waals surface area contributed by atoms with Gasteiger partial charge in [0, 0.05) is 6.08 Å². The minimum absolute atomic E-state index is 0.317. The van der Waals surface area contributed by atoms with Crippen molar-refractivity contribution in [2.45, 2.75) is 0 Å². The standard InChI is InChI=1S/C9H9N2O/c10-11-9(12)7-6-8-4-2-1-3-5-8/h2-7H,10H2,(H,11,12). The molecule has 0 aliphatic carbocycles. The lowest BCUT2D eigenvalue weighted by molar-refractivity contribution is -0.116. The van der Waals surface area contributed by atoms with E-state index in [1.54, 1.807) is 18.2 Å². The largest absolute Gasteiger partial charge is 0.291 e. The predicted octanol–water partition coefficient (Wildman–Crippen LogP) is 0.490. The molecule has 1 amide bonds. The Bertz CT molecular complexity index is 280. The van der Waals surface area contributed by atoms with Crippen LogP contribution in [0.3, 0.4) is 0 Å². The summed E-state index contributed by atoms with van der Waals surface area (Å²) in [4.78, 5) is 10.7. The van der Waals surface area contributed by atoms with Crippen molar-refractivity contribution in [3.8, 4) is 0 Å². The van der Waals surface area contributed by atoms with Crippen LogP contribution in [-0.2, 0) is 4.79 Å². The molecule has 1 aromatic carbocycles. The van der Waals surface area contributed by atoms with Gasteiger partial charge in [0.15, 0.2) is 0 Å². The molecule has 0 aliphatic heterocycles. The monoisotopic (exact) mass is 161 g/mol. The molecular weight excluding hydrogens is 152 g/mol. The summed E-state index contributed by atoms with van der Waals surface area (Å²) in [6, 6.07) is 10.1. The van der Waals surface area contributed by atoms with E-state index >= 15 is 0 Å². The summed E-state index contributed by atoms with van der Waals surface area (Å²) in [5.41, 5.74) is 2.94. The maximum Gasteiger partial charge on any atom is 0.257 e. The Morgan fingerprint density at radius 1 is 1.50 bits per heavy atom. The van der Waals surface area contributed by atoms with E-state index in [1.807, 2.05) is 17.6 Å². The molecule has 3 heteroatoms. The van der Waals surface area contributed by atoms with Gasteiger partial charge in [-0.2, -0.15) is 0 Å². The summed E-state index contributed by atoms with van der Waals surface area (Å²) in [6.07, 6.45) is 3.05. The summed E-state index contributed by atoms with van der Waals surface area (Å²) in [7, 11) is 0. The fraction of sp³-hybridized carbons (Fsp3) is 0. The van der Waals surface area contributed by atoms with Crippen molar-refractivity contribution in [3.63, 3.8) is 0 Å². The Balaban J connectivity index is 2.64. The Labute approximate surface area is 70.9 Å². The lowest BCUT2D eigenvalue weighted by Crippen LogP contribution is -2.27. The second kappa shape index (κ2) is 4.31. The van der Waals surface area contributed by atoms with E-state index in [0.717, 1.165) is 5.56 Å². The maximum atomic E-state index is 10.7. The highest BCUT2D eigenvalue weighted by Gasteiger charge is 1.88. The van der Waals surface area contributed by atoms with Crippen LogP contribution in [0.5, 0.6) is 0 Å². The van der Waals surface area contributed by atoms with Crippen LogP contribution in [0.4, 0.5) is 0 Å². The molecule has 0 atom stereocenters. The SMILES string of the molecule is NNC(=O)C=Cc1cc[c]cc1. The first kappa shape index (κ1) is 8.49. The van der Waals surface area contributed by atoms with Crippen LogP contribution in [0.25, 0.3) is 6.08 Å². The fourth-order valence-electron chi connectivity index (χ4n) is 0.731. The van der Waals surface area contributed by atoms with Gasteiger partial charge in [0.2, 0.25) is 0 Å². The predicted molar refractivity (Wildman–Crippen MR) is 46.6 cm³/mol. The topological polar surface area (TPSA) is 55.1 Å². The number of benzene rings is 1. The molecule has 1 rings (SSSR count). The van der Waals surface area contributed by atoms with Crippen molar-refractivity contribution in [1.82, 2.24) is 5.43 Å². The van der Waals surface area contributed by atoms with Crippen LogP contribution >= 0.6 is 0 Å². The number of nitrogens with one attached hydrogen (secondary N) is 1. The van der Waals surface area contributed by atoms with Crippen LogP contribution < -0.4 is 11.3 Å². The molecule has 0 fully saturated rings. The molecule has 0 spiro atoms. The summed E-state index contributed by atoms with van der Waals surface area (Å²) in [5, 5.41) is 0. The quantitative estimate of drug-likeness (QED) is 0.287. The van der Waals surface area contributed by atoms with Gasteiger partial charge < -0.3 is 0 Å². The van der Waals surface area contributed by atoms with Gasteiger partial charge in [0.1, 0.15) is 0 Å². The Hall–Kier alpha value is -1.61. The van der Waals surface area contributed by atoms with E-state index in [2.05, 4.69) is 6.07 Å². The number of carbonyl (C=O) groups is 1. The zero-order valence-corrected chi connectivity index (χ0v) is 6.45. The van der Waals surface area contributed by atoms with Crippen molar-refractivity contribution in [1.29, 1.82) is 0 Å². The number of hydrogen-bond donors (Lipinski definition) is 2. The third-order valence-corrected chi connectivity index (χ3v) is 1.31. The Morgan fingerprint density at radius 3 is 2.75 bits per heavy atom. The number of hydrazine groups is 1. The third-order valence-electron chi connectivity index (χ3n) is 1.31. The van der Waals surface area contributed by atoms with Gasteiger partial charge in [-0.25, -0.2) is 5.84 Å². The molecule has 0 saturated heterocycles. The first-order valence-electron chi connectivity index (χ1n) is 3.47. The highest BCUT2D eigenvalue weighted by molar-refractivity contribution is 5.91. The van der Waals surface area contributed by atoms with Crippen molar-refractivity contribution in [3.05, 3.63) is 42.0 Å². The first-order chi connectivity index (χ1) is 5.83. The molecule has 1 radical (unpaired) electrons. The molecular formula is C9H9N2O. The van der Waals surface area contributed by atoms with Gasteiger partial charge in [-0.1, -0.05) is 24.3 Å². The minimum Gasteiger partial charge on any atom is -0.291 e.